The lowest BCUT2D eigenvalue weighted by molar-refractivity contribution is -0.384. The third-order valence-electron chi connectivity index (χ3n) is 5.26. The summed E-state index contributed by atoms with van der Waals surface area (Å²) in [5, 5.41) is 13.2. The second-order valence-corrected chi connectivity index (χ2v) is 7.79. The van der Waals surface area contributed by atoms with Gasteiger partial charge in [0.15, 0.2) is 11.5 Å². The van der Waals surface area contributed by atoms with Gasteiger partial charge < -0.3 is 9.47 Å². The summed E-state index contributed by atoms with van der Waals surface area (Å²) in [5.74, 6) is -1.56. The molecule has 1 heterocycles. The first-order valence-electron chi connectivity index (χ1n) is 11.1. The molecule has 10 nitrogen and oxygen atoms in total. The minimum atomic E-state index is -1.02. The number of anilines is 1. The standard InChI is InChI=1S/C26H20FN3O7/c1-2-36-23-13-16(9-10-22(23)37-15-17-5-3-6-18(27)11-17)12-21-24(31)28-26(33)29(25(21)32)19-7-4-8-20(14-19)30(34)35/h3-14H,2,15H2,1H3,(H,28,31,33)/b21-12+. The Balaban J connectivity index is 1.62. The number of ether oxygens (including phenoxy) is 2. The number of nitro groups is 1. The van der Waals surface area contributed by atoms with Gasteiger partial charge in [0.1, 0.15) is 18.0 Å². The van der Waals surface area contributed by atoms with Gasteiger partial charge >= 0.3 is 6.03 Å². The summed E-state index contributed by atoms with van der Waals surface area (Å²) in [5.41, 5.74) is 0.265. The number of hydrogen-bond donors (Lipinski definition) is 1. The number of urea groups is 1. The first-order chi connectivity index (χ1) is 17.8. The Kier molecular flexibility index (Phi) is 7.23. The quantitative estimate of drug-likeness (QED) is 0.208. The molecule has 1 aliphatic heterocycles. The molecule has 3 aromatic rings. The van der Waals surface area contributed by atoms with Crippen molar-refractivity contribution in [2.75, 3.05) is 11.5 Å². The van der Waals surface area contributed by atoms with Crippen LogP contribution in [0.4, 0.5) is 20.6 Å². The first kappa shape index (κ1) is 25.0. The number of benzene rings is 3. The number of carbonyl (C=O) groups excluding carboxylic acids is 3. The van der Waals surface area contributed by atoms with Crippen LogP contribution in [0.25, 0.3) is 6.08 Å². The number of imide groups is 2. The minimum Gasteiger partial charge on any atom is -0.490 e. The molecule has 0 atom stereocenters. The zero-order valence-electron chi connectivity index (χ0n) is 19.5. The lowest BCUT2D eigenvalue weighted by Gasteiger charge is -2.26. The Morgan fingerprint density at radius 3 is 2.51 bits per heavy atom. The van der Waals surface area contributed by atoms with E-state index in [0.29, 0.717) is 34.1 Å². The molecule has 0 aliphatic carbocycles. The van der Waals surface area contributed by atoms with E-state index in [9.17, 15) is 28.9 Å². The van der Waals surface area contributed by atoms with Crippen LogP contribution >= 0.6 is 0 Å². The number of rotatable bonds is 8. The smallest absolute Gasteiger partial charge is 0.335 e. The number of nitrogens with zero attached hydrogens (tertiary/aromatic N) is 2. The summed E-state index contributed by atoms with van der Waals surface area (Å²) in [6, 6.07) is 14.6. The molecule has 3 aromatic carbocycles. The summed E-state index contributed by atoms with van der Waals surface area (Å²) in [7, 11) is 0. The number of nitrogens with one attached hydrogen (secondary N) is 1. The van der Waals surface area contributed by atoms with Crippen molar-refractivity contribution >= 4 is 35.3 Å². The molecule has 0 bridgehead atoms. The van der Waals surface area contributed by atoms with Gasteiger partial charge in [-0.05, 0) is 54.5 Å². The van der Waals surface area contributed by atoms with Gasteiger partial charge in [-0.15, -0.1) is 0 Å². The van der Waals surface area contributed by atoms with E-state index in [1.165, 1.54) is 36.4 Å². The maximum atomic E-state index is 13.4. The van der Waals surface area contributed by atoms with Gasteiger partial charge in [0, 0.05) is 12.1 Å². The topological polar surface area (TPSA) is 128 Å². The maximum Gasteiger partial charge on any atom is 0.335 e. The minimum absolute atomic E-state index is 0.0637. The van der Waals surface area contributed by atoms with Crippen LogP contribution in [0.1, 0.15) is 18.1 Å². The number of non-ortho nitro benzene ring substituents is 1. The molecule has 4 rings (SSSR count). The molecule has 0 unspecified atom stereocenters. The zero-order chi connectivity index (χ0) is 26.5. The molecule has 1 aliphatic rings. The van der Waals surface area contributed by atoms with Crippen molar-refractivity contribution < 1.29 is 33.2 Å². The highest BCUT2D eigenvalue weighted by atomic mass is 19.1. The normalized spacial score (nSPS) is 14.5. The van der Waals surface area contributed by atoms with Crippen LogP contribution < -0.4 is 19.7 Å². The molecular weight excluding hydrogens is 485 g/mol. The number of halogens is 1. The van der Waals surface area contributed by atoms with Gasteiger partial charge in [-0.3, -0.25) is 25.0 Å². The summed E-state index contributed by atoms with van der Waals surface area (Å²) < 4.78 is 24.9. The Morgan fingerprint density at radius 2 is 1.78 bits per heavy atom. The molecule has 0 saturated carbocycles. The largest absolute Gasteiger partial charge is 0.490 e. The highest BCUT2D eigenvalue weighted by Crippen LogP contribution is 2.31. The van der Waals surface area contributed by atoms with Crippen LogP contribution in [0.15, 0.2) is 72.3 Å². The van der Waals surface area contributed by atoms with Crippen molar-refractivity contribution in [2.24, 2.45) is 0 Å². The first-order valence-corrected chi connectivity index (χ1v) is 11.1. The van der Waals surface area contributed by atoms with Gasteiger partial charge in [-0.2, -0.15) is 0 Å². The summed E-state index contributed by atoms with van der Waals surface area (Å²) in [6.07, 6.45) is 1.27. The molecule has 0 radical (unpaired) electrons. The van der Waals surface area contributed by atoms with Crippen molar-refractivity contribution in [2.45, 2.75) is 13.5 Å². The van der Waals surface area contributed by atoms with E-state index < -0.39 is 22.8 Å². The molecule has 37 heavy (non-hydrogen) atoms. The third kappa shape index (κ3) is 5.61. The van der Waals surface area contributed by atoms with Crippen molar-refractivity contribution in [1.29, 1.82) is 0 Å². The summed E-state index contributed by atoms with van der Waals surface area (Å²) >= 11 is 0. The Morgan fingerprint density at radius 1 is 1.00 bits per heavy atom. The van der Waals surface area contributed by atoms with Crippen LogP contribution in [0.2, 0.25) is 0 Å². The molecule has 11 heteroatoms. The second kappa shape index (κ2) is 10.7. The number of barbiturate groups is 1. The summed E-state index contributed by atoms with van der Waals surface area (Å²) in [6.45, 7) is 2.15. The maximum absolute atomic E-state index is 13.4. The molecule has 0 spiro atoms. The van der Waals surface area contributed by atoms with E-state index in [0.717, 1.165) is 6.07 Å². The lowest BCUT2D eigenvalue weighted by Crippen LogP contribution is -2.54. The Bertz CT molecular complexity index is 1440. The van der Waals surface area contributed by atoms with Crippen LogP contribution in [0, 0.1) is 15.9 Å². The SMILES string of the molecule is CCOc1cc(/C=C2\C(=O)NC(=O)N(c3cccc([N+](=O)[O-])c3)C2=O)ccc1OCc1cccc(F)c1. The van der Waals surface area contributed by atoms with E-state index in [1.807, 2.05) is 0 Å². The van der Waals surface area contributed by atoms with Crippen LogP contribution in [0.3, 0.4) is 0 Å². The van der Waals surface area contributed by atoms with Gasteiger partial charge in [0.05, 0.1) is 17.2 Å². The average Bonchev–Trinajstić information content (AvgIpc) is 2.86. The van der Waals surface area contributed by atoms with Gasteiger partial charge in [0.25, 0.3) is 17.5 Å². The average molecular weight is 505 g/mol. The van der Waals surface area contributed by atoms with Crippen LogP contribution in [-0.4, -0.2) is 29.4 Å². The van der Waals surface area contributed by atoms with Crippen LogP contribution in [-0.2, 0) is 16.2 Å². The molecule has 1 saturated heterocycles. The monoisotopic (exact) mass is 505 g/mol. The molecule has 4 amide bonds. The van der Waals surface area contributed by atoms with Crippen molar-refractivity contribution in [3.63, 3.8) is 0 Å². The van der Waals surface area contributed by atoms with E-state index in [2.05, 4.69) is 5.32 Å². The molecule has 188 valence electrons. The molecular formula is C26H20FN3O7. The highest BCUT2D eigenvalue weighted by molar-refractivity contribution is 6.39. The number of nitro benzene ring substituents is 1. The molecule has 0 aromatic heterocycles. The number of hydrogen-bond acceptors (Lipinski definition) is 7. The van der Waals surface area contributed by atoms with Crippen LogP contribution in [0.5, 0.6) is 11.5 Å². The predicted molar refractivity (Wildman–Crippen MR) is 130 cm³/mol. The fraction of sp³-hybridized carbons (Fsp3) is 0.115. The van der Waals surface area contributed by atoms with Gasteiger partial charge in [-0.25, -0.2) is 14.1 Å². The van der Waals surface area contributed by atoms with Gasteiger partial charge in [-0.1, -0.05) is 24.3 Å². The number of amides is 4. The highest BCUT2D eigenvalue weighted by Gasteiger charge is 2.37. The Hall–Kier alpha value is -5.06. The molecule has 1 N–H and O–H groups in total. The summed E-state index contributed by atoms with van der Waals surface area (Å²) in [4.78, 5) is 49.1. The van der Waals surface area contributed by atoms with Crippen molar-refractivity contribution in [3.8, 4) is 11.5 Å². The Labute approximate surface area is 210 Å². The fourth-order valence-electron chi connectivity index (χ4n) is 3.59. The van der Waals surface area contributed by atoms with Crippen molar-refractivity contribution in [3.05, 3.63) is 99.4 Å². The third-order valence-corrected chi connectivity index (χ3v) is 5.26. The van der Waals surface area contributed by atoms with Crippen molar-refractivity contribution in [1.82, 2.24) is 5.32 Å². The van der Waals surface area contributed by atoms with E-state index in [1.54, 1.807) is 37.3 Å². The van der Waals surface area contributed by atoms with E-state index >= 15 is 0 Å². The van der Waals surface area contributed by atoms with E-state index in [4.69, 9.17) is 9.47 Å². The van der Waals surface area contributed by atoms with Gasteiger partial charge in [0.2, 0.25) is 0 Å². The zero-order valence-corrected chi connectivity index (χ0v) is 19.5. The fourth-order valence-corrected chi connectivity index (χ4v) is 3.59. The predicted octanol–water partition coefficient (Wildman–Crippen LogP) is 4.38. The van der Waals surface area contributed by atoms with E-state index in [-0.39, 0.29) is 29.4 Å². The second-order valence-electron chi connectivity index (χ2n) is 7.79. The molecule has 1 fully saturated rings. The number of carbonyl (C=O) groups is 3. The lowest BCUT2D eigenvalue weighted by atomic mass is 10.1.